The van der Waals surface area contributed by atoms with Gasteiger partial charge in [-0.05, 0) is 18.8 Å². The van der Waals surface area contributed by atoms with E-state index in [1.54, 1.807) is 0 Å². The van der Waals surface area contributed by atoms with Gasteiger partial charge in [-0.2, -0.15) is 0 Å². The maximum absolute atomic E-state index is 10.5. The normalized spacial score (nSPS) is 12.3. The quantitative estimate of drug-likeness (QED) is 0.384. The molecule has 2 heteroatoms. The molecule has 0 saturated heterocycles. The predicted molar refractivity (Wildman–Crippen MR) is 77.8 cm³/mol. The largest absolute Gasteiger partial charge is 0.478 e. The summed E-state index contributed by atoms with van der Waals surface area (Å²) in [5, 5.41) is 8.67. The molecule has 0 heterocycles. The highest BCUT2D eigenvalue weighted by atomic mass is 16.4. The topological polar surface area (TPSA) is 37.3 Å². The standard InChI is InChI=1S/C16H30O2/c1-4-5-6-8-11-14(2)12-9-7-10-13-15(3)16(17)18/h14H,3-13H2,1-2H3,(H,17,18). The van der Waals surface area contributed by atoms with Crippen LogP contribution in [0.5, 0.6) is 0 Å². The first-order valence-corrected chi connectivity index (χ1v) is 7.49. The summed E-state index contributed by atoms with van der Waals surface area (Å²) < 4.78 is 0. The Morgan fingerprint density at radius 2 is 1.61 bits per heavy atom. The number of rotatable bonds is 12. The van der Waals surface area contributed by atoms with Crippen molar-refractivity contribution in [2.45, 2.75) is 78.1 Å². The third kappa shape index (κ3) is 10.4. The Morgan fingerprint density at radius 3 is 2.11 bits per heavy atom. The Bertz CT molecular complexity index is 233. The highest BCUT2D eigenvalue weighted by Crippen LogP contribution is 2.18. The maximum atomic E-state index is 10.5. The molecule has 0 amide bonds. The summed E-state index contributed by atoms with van der Waals surface area (Å²) in [6.07, 6.45) is 12.0. The van der Waals surface area contributed by atoms with Crippen molar-refractivity contribution >= 4 is 5.97 Å². The number of aliphatic carboxylic acids is 1. The predicted octanol–water partition coefficient (Wildman–Crippen LogP) is 5.18. The molecule has 18 heavy (non-hydrogen) atoms. The number of carbonyl (C=O) groups is 1. The van der Waals surface area contributed by atoms with Crippen LogP contribution < -0.4 is 0 Å². The van der Waals surface area contributed by atoms with Gasteiger partial charge in [0, 0.05) is 5.57 Å². The number of hydrogen-bond acceptors (Lipinski definition) is 1. The average molecular weight is 254 g/mol. The molecule has 0 fully saturated rings. The van der Waals surface area contributed by atoms with Crippen LogP contribution >= 0.6 is 0 Å². The van der Waals surface area contributed by atoms with E-state index in [4.69, 9.17) is 5.11 Å². The van der Waals surface area contributed by atoms with Crippen molar-refractivity contribution in [2.24, 2.45) is 5.92 Å². The summed E-state index contributed by atoms with van der Waals surface area (Å²) in [5.74, 6) is -0.0242. The molecule has 0 radical (unpaired) electrons. The van der Waals surface area contributed by atoms with Crippen molar-refractivity contribution in [3.05, 3.63) is 12.2 Å². The van der Waals surface area contributed by atoms with Crippen molar-refractivity contribution < 1.29 is 9.90 Å². The fourth-order valence-electron chi connectivity index (χ4n) is 2.18. The van der Waals surface area contributed by atoms with Gasteiger partial charge in [0.05, 0.1) is 0 Å². The fraction of sp³-hybridized carbons (Fsp3) is 0.812. The molecular weight excluding hydrogens is 224 g/mol. The van der Waals surface area contributed by atoms with Gasteiger partial charge in [-0.1, -0.05) is 71.8 Å². The summed E-state index contributed by atoms with van der Waals surface area (Å²) in [4.78, 5) is 10.5. The van der Waals surface area contributed by atoms with Gasteiger partial charge in [0.15, 0.2) is 0 Å². The van der Waals surface area contributed by atoms with Crippen LogP contribution in [0.15, 0.2) is 12.2 Å². The lowest BCUT2D eigenvalue weighted by Crippen LogP contribution is -1.99. The Hall–Kier alpha value is -0.790. The third-order valence-electron chi connectivity index (χ3n) is 3.53. The molecule has 106 valence electrons. The van der Waals surface area contributed by atoms with E-state index in [1.807, 2.05) is 0 Å². The molecule has 0 aromatic carbocycles. The molecule has 0 aromatic heterocycles. The zero-order chi connectivity index (χ0) is 13.8. The summed E-state index contributed by atoms with van der Waals surface area (Å²) >= 11 is 0. The first-order valence-electron chi connectivity index (χ1n) is 7.49. The van der Waals surface area contributed by atoms with Crippen LogP contribution in [0.3, 0.4) is 0 Å². The van der Waals surface area contributed by atoms with Crippen molar-refractivity contribution in [3.8, 4) is 0 Å². The van der Waals surface area contributed by atoms with E-state index in [9.17, 15) is 4.79 Å². The second kappa shape index (κ2) is 11.3. The van der Waals surface area contributed by atoms with Crippen molar-refractivity contribution in [1.82, 2.24) is 0 Å². The Labute approximate surface area is 112 Å². The minimum Gasteiger partial charge on any atom is -0.478 e. The van der Waals surface area contributed by atoms with Crippen LogP contribution in [-0.4, -0.2) is 11.1 Å². The van der Waals surface area contributed by atoms with Gasteiger partial charge in [0.2, 0.25) is 0 Å². The smallest absolute Gasteiger partial charge is 0.330 e. The number of hydrogen-bond donors (Lipinski definition) is 1. The number of carboxylic acids is 1. The van der Waals surface area contributed by atoms with Crippen molar-refractivity contribution in [1.29, 1.82) is 0 Å². The van der Waals surface area contributed by atoms with Gasteiger partial charge in [-0.15, -0.1) is 0 Å². The van der Waals surface area contributed by atoms with Crippen LogP contribution in [0.2, 0.25) is 0 Å². The monoisotopic (exact) mass is 254 g/mol. The molecular formula is C16H30O2. The number of unbranched alkanes of at least 4 members (excludes halogenated alkanes) is 5. The van der Waals surface area contributed by atoms with Crippen molar-refractivity contribution in [3.63, 3.8) is 0 Å². The molecule has 1 N–H and O–H groups in total. The van der Waals surface area contributed by atoms with E-state index in [-0.39, 0.29) is 0 Å². The van der Waals surface area contributed by atoms with Crippen LogP contribution in [0.1, 0.15) is 78.1 Å². The lowest BCUT2D eigenvalue weighted by molar-refractivity contribution is -0.132. The second-order valence-electron chi connectivity index (χ2n) is 5.46. The van der Waals surface area contributed by atoms with E-state index in [2.05, 4.69) is 20.4 Å². The van der Waals surface area contributed by atoms with E-state index >= 15 is 0 Å². The van der Waals surface area contributed by atoms with Gasteiger partial charge in [0.1, 0.15) is 0 Å². The highest BCUT2D eigenvalue weighted by molar-refractivity contribution is 5.85. The summed E-state index contributed by atoms with van der Waals surface area (Å²) in [5.41, 5.74) is 0.350. The highest BCUT2D eigenvalue weighted by Gasteiger charge is 2.04. The summed E-state index contributed by atoms with van der Waals surface area (Å²) in [6.45, 7) is 8.13. The molecule has 0 aliphatic heterocycles. The zero-order valence-corrected chi connectivity index (χ0v) is 12.2. The Balaban J connectivity index is 3.32. The van der Waals surface area contributed by atoms with Gasteiger partial charge in [-0.25, -0.2) is 4.79 Å². The molecule has 0 saturated carbocycles. The summed E-state index contributed by atoms with van der Waals surface area (Å²) in [7, 11) is 0. The molecule has 0 rings (SSSR count). The maximum Gasteiger partial charge on any atom is 0.330 e. The van der Waals surface area contributed by atoms with Gasteiger partial charge >= 0.3 is 5.97 Å². The number of carboxylic acid groups (broad SMARTS) is 1. The third-order valence-corrected chi connectivity index (χ3v) is 3.53. The minimum atomic E-state index is -0.848. The van der Waals surface area contributed by atoms with Crippen molar-refractivity contribution in [2.75, 3.05) is 0 Å². The molecule has 0 aromatic rings. The molecule has 1 atom stereocenters. The minimum absolute atomic E-state index is 0.350. The first-order chi connectivity index (χ1) is 8.57. The molecule has 0 spiro atoms. The van der Waals surface area contributed by atoms with Gasteiger partial charge in [-0.3, -0.25) is 0 Å². The van der Waals surface area contributed by atoms with Crippen LogP contribution in [0, 0.1) is 5.92 Å². The SMILES string of the molecule is C=C(CCCCCC(C)CCCCCC)C(=O)O. The molecule has 0 aliphatic carbocycles. The van der Waals surface area contributed by atoms with Crippen LogP contribution in [0.4, 0.5) is 0 Å². The molecule has 1 unspecified atom stereocenters. The Morgan fingerprint density at radius 1 is 1.06 bits per heavy atom. The lowest BCUT2D eigenvalue weighted by Gasteiger charge is -2.10. The first kappa shape index (κ1) is 17.2. The molecule has 0 bridgehead atoms. The summed E-state index contributed by atoms with van der Waals surface area (Å²) in [6, 6.07) is 0. The second-order valence-corrected chi connectivity index (χ2v) is 5.46. The van der Waals surface area contributed by atoms with E-state index in [0.717, 1.165) is 18.8 Å². The van der Waals surface area contributed by atoms with E-state index in [0.29, 0.717) is 12.0 Å². The van der Waals surface area contributed by atoms with Crippen LogP contribution in [-0.2, 0) is 4.79 Å². The van der Waals surface area contributed by atoms with Gasteiger partial charge in [0.25, 0.3) is 0 Å². The Kier molecular flexibility index (Phi) is 10.8. The van der Waals surface area contributed by atoms with Crippen LogP contribution in [0.25, 0.3) is 0 Å². The molecule has 2 nitrogen and oxygen atoms in total. The average Bonchev–Trinajstić information content (AvgIpc) is 2.33. The fourth-order valence-corrected chi connectivity index (χ4v) is 2.18. The van der Waals surface area contributed by atoms with E-state index in [1.165, 1.54) is 44.9 Å². The van der Waals surface area contributed by atoms with E-state index < -0.39 is 5.97 Å². The van der Waals surface area contributed by atoms with Gasteiger partial charge < -0.3 is 5.11 Å². The lowest BCUT2D eigenvalue weighted by atomic mass is 9.96. The zero-order valence-electron chi connectivity index (χ0n) is 12.2. The molecule has 0 aliphatic rings.